The number of rotatable bonds is 11. The van der Waals surface area contributed by atoms with Crippen molar-refractivity contribution in [2.75, 3.05) is 5.73 Å². The molecule has 6 rings (SSSR count). The Morgan fingerprint density at radius 1 is 1.04 bits per heavy atom. The van der Waals surface area contributed by atoms with Gasteiger partial charge in [-0.3, -0.25) is 0 Å². The maximum Gasteiger partial charge on any atom is 0.161 e. The van der Waals surface area contributed by atoms with Gasteiger partial charge in [0.25, 0.3) is 0 Å². The summed E-state index contributed by atoms with van der Waals surface area (Å²) in [5.41, 5.74) is 8.80. The standard InChI is InChI=1S/C40H52N3O6/c1-2-40-17-3-6-26(15-19-40)37(47)30(8-4-18-40)32(44)12-9-25-10-13-33(45)35(22-25)49-39-29(11-14-34(46)38(39)48)31(24-28-7-5-20-42-28)27-16-21-43-36(41)23-27/h5,7,10,13,16,20-23,26,29-32,34,37-39,44-48H,2-3,6,8-9,11-12,14-15,17,19,24H2,1H3,(H2,41,43)/q-1/t26-,29-,30+,31-,32-,34-,37+,38+,39+,40-/m1/s1. The fourth-order valence-electron chi connectivity index (χ4n) is 8.67. The van der Waals surface area contributed by atoms with Gasteiger partial charge < -0.3 is 41.0 Å². The minimum Gasteiger partial charge on any atom is -0.668 e. The van der Waals surface area contributed by atoms with E-state index in [4.69, 9.17) is 10.5 Å². The van der Waals surface area contributed by atoms with Crippen molar-refractivity contribution in [2.24, 2.45) is 23.2 Å². The molecule has 0 radical (unpaired) electrons. The lowest BCUT2D eigenvalue weighted by Gasteiger charge is -2.42. The lowest BCUT2D eigenvalue weighted by molar-refractivity contribution is -0.104. The fraction of sp³-hybridized carbons (Fsp3) is 0.575. The van der Waals surface area contributed by atoms with Gasteiger partial charge in [-0.2, -0.15) is 11.9 Å². The van der Waals surface area contributed by atoms with Crippen molar-refractivity contribution < 1.29 is 30.3 Å². The SMILES string of the molecule is CC[C@]12C#CC[C@@H]([C@H](O)CCc3ccc(O)c(O[C@@H]4[C@@H](O)[C@H](O)CC[C@@H]4[C@H](Cc4ccc[n-]4)c4ccnc(N)c4)c3)[C@@H](O)[C@H](CCC1)CC2. The second-order valence-corrected chi connectivity index (χ2v) is 14.7. The molecule has 2 fully saturated rings. The Labute approximate surface area is 290 Å². The summed E-state index contributed by atoms with van der Waals surface area (Å²) in [4.78, 5) is 8.66. The zero-order valence-electron chi connectivity index (χ0n) is 28.5. The molecule has 0 saturated heterocycles. The predicted molar refractivity (Wildman–Crippen MR) is 188 cm³/mol. The highest BCUT2D eigenvalue weighted by molar-refractivity contribution is 5.42. The molecule has 2 bridgehead atoms. The van der Waals surface area contributed by atoms with E-state index in [0.717, 1.165) is 55.3 Å². The summed E-state index contributed by atoms with van der Waals surface area (Å²) in [6.45, 7) is 2.21. The van der Waals surface area contributed by atoms with E-state index in [0.29, 0.717) is 44.3 Å². The Morgan fingerprint density at radius 3 is 2.67 bits per heavy atom. The van der Waals surface area contributed by atoms with Crippen LogP contribution in [0.2, 0.25) is 0 Å². The van der Waals surface area contributed by atoms with Gasteiger partial charge in [0.1, 0.15) is 18.0 Å². The second kappa shape index (κ2) is 15.6. The van der Waals surface area contributed by atoms with Gasteiger partial charge in [-0.05, 0) is 111 Å². The van der Waals surface area contributed by atoms with Crippen LogP contribution in [0, 0.1) is 35.0 Å². The van der Waals surface area contributed by atoms with E-state index in [1.807, 2.05) is 24.3 Å². The van der Waals surface area contributed by atoms with E-state index in [1.165, 1.54) is 0 Å². The smallest absolute Gasteiger partial charge is 0.161 e. The number of phenols is 1. The third-order valence-electron chi connectivity index (χ3n) is 11.8. The van der Waals surface area contributed by atoms with Gasteiger partial charge in [-0.25, -0.2) is 4.98 Å². The molecule has 49 heavy (non-hydrogen) atoms. The summed E-state index contributed by atoms with van der Waals surface area (Å²) >= 11 is 0. The molecule has 264 valence electrons. The number of aromatic nitrogens is 2. The molecule has 3 aromatic rings. The number of nitrogens with zero attached hydrogens (tertiary/aromatic N) is 2. The minimum absolute atomic E-state index is 0.0315. The zero-order chi connectivity index (χ0) is 34.5. The second-order valence-electron chi connectivity index (χ2n) is 14.7. The average molecular weight is 671 g/mol. The number of aryl methyl sites for hydroxylation is 1. The minimum atomic E-state index is -1.19. The lowest BCUT2D eigenvalue weighted by atomic mass is 9.71. The van der Waals surface area contributed by atoms with Crippen molar-refractivity contribution >= 4 is 5.82 Å². The van der Waals surface area contributed by atoms with Gasteiger partial charge in [0.05, 0.1) is 18.3 Å². The average Bonchev–Trinajstić information content (AvgIpc) is 3.55. The van der Waals surface area contributed by atoms with Crippen molar-refractivity contribution in [1.29, 1.82) is 0 Å². The van der Waals surface area contributed by atoms with Crippen LogP contribution in [0.15, 0.2) is 54.9 Å². The number of aliphatic hydroxyl groups excluding tert-OH is 4. The Bertz CT molecular complexity index is 1590. The van der Waals surface area contributed by atoms with Gasteiger partial charge in [-0.1, -0.05) is 37.5 Å². The van der Waals surface area contributed by atoms with E-state index in [1.54, 1.807) is 30.6 Å². The number of ether oxygens (including phenoxy) is 1. The van der Waals surface area contributed by atoms with Crippen LogP contribution in [0.5, 0.6) is 11.5 Å². The van der Waals surface area contributed by atoms with Gasteiger partial charge in [-0.15, -0.1) is 5.92 Å². The number of benzene rings is 1. The van der Waals surface area contributed by atoms with Gasteiger partial charge in [0.15, 0.2) is 11.5 Å². The summed E-state index contributed by atoms with van der Waals surface area (Å²) in [6, 6.07) is 12.7. The molecule has 3 aliphatic rings. The van der Waals surface area contributed by atoms with Crippen LogP contribution in [0.25, 0.3) is 0 Å². The Kier molecular flexibility index (Phi) is 11.2. The van der Waals surface area contributed by atoms with E-state index in [2.05, 4.69) is 28.7 Å². The summed E-state index contributed by atoms with van der Waals surface area (Å²) < 4.78 is 6.48. The highest BCUT2D eigenvalue weighted by Crippen LogP contribution is 2.44. The molecule has 0 amide bonds. The molecule has 7 N–H and O–H groups in total. The molecule has 0 spiro atoms. The van der Waals surface area contributed by atoms with E-state index < -0.39 is 30.5 Å². The Balaban J connectivity index is 1.20. The molecular weight excluding hydrogens is 618 g/mol. The van der Waals surface area contributed by atoms with Gasteiger partial charge in [0.2, 0.25) is 0 Å². The summed E-state index contributed by atoms with van der Waals surface area (Å²) in [5.74, 6) is 6.90. The molecule has 9 nitrogen and oxygen atoms in total. The third kappa shape index (κ3) is 8.10. The molecule has 2 heterocycles. The van der Waals surface area contributed by atoms with E-state index >= 15 is 0 Å². The van der Waals surface area contributed by atoms with E-state index in [9.17, 15) is 25.5 Å². The number of aliphatic hydroxyl groups is 4. The highest BCUT2D eigenvalue weighted by Gasteiger charge is 2.44. The molecule has 3 aliphatic carbocycles. The fourth-order valence-corrected chi connectivity index (χ4v) is 8.67. The van der Waals surface area contributed by atoms with Crippen molar-refractivity contribution in [3.8, 4) is 23.3 Å². The van der Waals surface area contributed by atoms with Crippen LogP contribution in [0.3, 0.4) is 0 Å². The molecule has 9 heteroatoms. The molecule has 0 unspecified atom stereocenters. The van der Waals surface area contributed by atoms with Crippen LogP contribution >= 0.6 is 0 Å². The molecule has 2 aromatic heterocycles. The Morgan fingerprint density at radius 2 is 1.90 bits per heavy atom. The van der Waals surface area contributed by atoms with Crippen LogP contribution < -0.4 is 15.5 Å². The monoisotopic (exact) mass is 670 g/mol. The Hall–Kier alpha value is -3.55. The first kappa shape index (κ1) is 35.3. The number of nitrogen functional groups attached to an aromatic ring is 1. The molecule has 10 atom stereocenters. The summed E-state index contributed by atoms with van der Waals surface area (Å²) in [6.07, 6.45) is 8.10. The van der Waals surface area contributed by atoms with Crippen LogP contribution in [0.1, 0.15) is 93.9 Å². The number of anilines is 1. The molecule has 0 aliphatic heterocycles. The number of aromatic hydroxyl groups is 1. The summed E-state index contributed by atoms with van der Waals surface area (Å²) in [7, 11) is 0. The number of hydrogen-bond donors (Lipinski definition) is 6. The maximum atomic E-state index is 11.5. The quantitative estimate of drug-likeness (QED) is 0.156. The largest absolute Gasteiger partial charge is 0.668 e. The number of fused-ring (bicyclic) bond motifs is 3. The van der Waals surface area contributed by atoms with Gasteiger partial charge in [0, 0.05) is 29.9 Å². The third-order valence-corrected chi connectivity index (χ3v) is 11.8. The number of pyridine rings is 1. The lowest BCUT2D eigenvalue weighted by Crippen LogP contribution is -2.51. The molecule has 1 aromatic carbocycles. The first-order valence-corrected chi connectivity index (χ1v) is 18.1. The maximum absolute atomic E-state index is 11.5. The van der Waals surface area contributed by atoms with Crippen LogP contribution in [-0.4, -0.2) is 61.0 Å². The number of nitrogens with two attached hydrogens (primary N) is 1. The normalized spacial score (nSPS) is 31.3. The van der Waals surface area contributed by atoms with E-state index in [-0.39, 0.29) is 40.6 Å². The predicted octanol–water partition coefficient (Wildman–Crippen LogP) is 4.89. The first-order valence-electron chi connectivity index (χ1n) is 18.1. The number of hydrogen-bond acceptors (Lipinski definition) is 8. The molecular formula is C40H52N3O6-. The van der Waals surface area contributed by atoms with Crippen molar-refractivity contribution in [3.05, 3.63) is 71.7 Å². The highest BCUT2D eigenvalue weighted by atomic mass is 16.5. The van der Waals surface area contributed by atoms with Gasteiger partial charge >= 0.3 is 0 Å². The van der Waals surface area contributed by atoms with Crippen molar-refractivity contribution in [2.45, 2.75) is 120 Å². The first-order chi connectivity index (χ1) is 23.7. The molecule has 2 saturated carbocycles. The topological polar surface area (TPSA) is 163 Å². The zero-order valence-corrected chi connectivity index (χ0v) is 28.5. The van der Waals surface area contributed by atoms with Crippen molar-refractivity contribution in [3.63, 3.8) is 0 Å². The summed E-state index contributed by atoms with van der Waals surface area (Å²) in [5, 5.41) is 55.9. The van der Waals surface area contributed by atoms with Crippen LogP contribution in [-0.2, 0) is 12.8 Å². The van der Waals surface area contributed by atoms with Crippen LogP contribution in [0.4, 0.5) is 5.82 Å². The number of phenolic OH excluding ortho intramolecular Hbond substituents is 1. The van der Waals surface area contributed by atoms with Crippen molar-refractivity contribution in [1.82, 2.24) is 9.97 Å².